The maximum atomic E-state index is 12.4. The summed E-state index contributed by atoms with van der Waals surface area (Å²) in [5.74, 6) is 0.800. The summed E-state index contributed by atoms with van der Waals surface area (Å²) in [5, 5.41) is 2.95. The average Bonchev–Trinajstić information content (AvgIpc) is 2.69. The number of carbonyl (C=O) groups excluding carboxylic acids is 1. The Morgan fingerprint density at radius 3 is 2.69 bits per heavy atom. The summed E-state index contributed by atoms with van der Waals surface area (Å²) < 4.78 is 6.50. The van der Waals surface area contributed by atoms with Gasteiger partial charge in [-0.25, -0.2) is 4.98 Å². The molecule has 0 amide bonds. The van der Waals surface area contributed by atoms with E-state index < -0.39 is 0 Å². The Bertz CT molecular complexity index is 984. The van der Waals surface area contributed by atoms with Crippen molar-refractivity contribution < 1.29 is 9.53 Å². The summed E-state index contributed by atoms with van der Waals surface area (Å²) >= 11 is 0. The zero-order chi connectivity index (χ0) is 18.5. The van der Waals surface area contributed by atoms with Crippen molar-refractivity contribution in [2.24, 2.45) is 7.05 Å². The van der Waals surface area contributed by atoms with Crippen molar-refractivity contribution in [2.75, 3.05) is 19.0 Å². The van der Waals surface area contributed by atoms with E-state index in [4.69, 9.17) is 4.74 Å². The number of methoxy groups -OCH3 is 1. The molecule has 0 saturated heterocycles. The summed E-state index contributed by atoms with van der Waals surface area (Å²) in [5.41, 5.74) is 1.60. The van der Waals surface area contributed by atoms with E-state index in [-0.39, 0.29) is 17.9 Å². The highest BCUT2D eigenvalue weighted by molar-refractivity contribution is 5.99. The molecule has 0 radical (unpaired) electrons. The molecule has 7 nitrogen and oxygen atoms in total. The van der Waals surface area contributed by atoms with Crippen LogP contribution in [0.2, 0.25) is 0 Å². The molecule has 0 unspecified atom stereocenters. The van der Waals surface area contributed by atoms with Crippen LogP contribution in [0.25, 0.3) is 11.3 Å². The van der Waals surface area contributed by atoms with E-state index in [9.17, 15) is 9.59 Å². The molecule has 132 valence electrons. The summed E-state index contributed by atoms with van der Waals surface area (Å²) in [7, 11) is 3.15. The van der Waals surface area contributed by atoms with Gasteiger partial charge in [0.25, 0.3) is 5.56 Å². The van der Waals surface area contributed by atoms with Crippen LogP contribution in [0.1, 0.15) is 10.4 Å². The smallest absolute Gasteiger partial charge is 0.255 e. The van der Waals surface area contributed by atoms with Gasteiger partial charge in [0.2, 0.25) is 5.95 Å². The molecule has 0 aliphatic carbocycles. The standard InChI is InChI=1S/C19H18N4O3/c1-23-18(25)11-16(13-6-8-20-9-7-13)22-19(23)21-12-17(24)14-4-3-5-15(10-14)26-2/h3-11H,12H2,1-2H3,(H,21,22). The first-order valence-corrected chi connectivity index (χ1v) is 7.98. The number of ketones is 1. The molecule has 7 heteroatoms. The van der Waals surface area contributed by atoms with E-state index >= 15 is 0 Å². The summed E-state index contributed by atoms with van der Waals surface area (Å²) in [6.07, 6.45) is 3.27. The highest BCUT2D eigenvalue weighted by Gasteiger charge is 2.11. The van der Waals surface area contributed by atoms with Gasteiger partial charge in [-0.2, -0.15) is 0 Å². The molecule has 1 N–H and O–H groups in total. The molecular weight excluding hydrogens is 332 g/mol. The predicted molar refractivity (Wildman–Crippen MR) is 98.5 cm³/mol. The van der Waals surface area contributed by atoms with Crippen LogP contribution >= 0.6 is 0 Å². The number of ether oxygens (including phenoxy) is 1. The number of Topliss-reactive ketones (excluding diaryl/α,β-unsaturated/α-hetero) is 1. The highest BCUT2D eigenvalue weighted by Crippen LogP contribution is 2.16. The fourth-order valence-electron chi connectivity index (χ4n) is 2.43. The Kier molecular flexibility index (Phi) is 5.07. The molecule has 0 fully saturated rings. The van der Waals surface area contributed by atoms with E-state index in [1.165, 1.54) is 10.6 Å². The highest BCUT2D eigenvalue weighted by atomic mass is 16.5. The molecule has 3 aromatic rings. The second kappa shape index (κ2) is 7.60. The lowest BCUT2D eigenvalue weighted by Gasteiger charge is -2.11. The number of carbonyl (C=O) groups is 1. The van der Waals surface area contributed by atoms with Gasteiger partial charge in [-0.15, -0.1) is 0 Å². The van der Waals surface area contributed by atoms with Crippen LogP contribution in [0.4, 0.5) is 5.95 Å². The molecule has 2 aromatic heterocycles. The van der Waals surface area contributed by atoms with Crippen molar-refractivity contribution in [3.05, 3.63) is 70.8 Å². The Balaban J connectivity index is 1.82. The average molecular weight is 350 g/mol. The zero-order valence-electron chi connectivity index (χ0n) is 14.5. The number of aromatic nitrogens is 3. The SMILES string of the molecule is COc1cccc(C(=O)CNc2nc(-c3ccncc3)cc(=O)n2C)c1. The van der Waals surface area contributed by atoms with Gasteiger partial charge in [-0.1, -0.05) is 12.1 Å². The number of nitrogens with zero attached hydrogens (tertiary/aromatic N) is 3. The van der Waals surface area contributed by atoms with Gasteiger partial charge >= 0.3 is 0 Å². The van der Waals surface area contributed by atoms with Crippen molar-refractivity contribution in [3.8, 4) is 17.0 Å². The minimum absolute atomic E-state index is 0.00719. The molecule has 26 heavy (non-hydrogen) atoms. The van der Waals surface area contributed by atoms with Gasteiger partial charge in [0.1, 0.15) is 5.75 Å². The Hall–Kier alpha value is -3.48. The van der Waals surface area contributed by atoms with Gasteiger partial charge in [0.15, 0.2) is 5.78 Å². The quantitative estimate of drug-likeness (QED) is 0.686. The maximum Gasteiger partial charge on any atom is 0.255 e. The molecule has 0 aliphatic heterocycles. The molecule has 0 aliphatic rings. The van der Waals surface area contributed by atoms with E-state index in [1.807, 2.05) is 0 Å². The second-order valence-corrected chi connectivity index (χ2v) is 5.61. The third-order valence-electron chi connectivity index (χ3n) is 3.91. The number of pyridine rings is 1. The minimum Gasteiger partial charge on any atom is -0.497 e. The van der Waals surface area contributed by atoms with Crippen LogP contribution in [0.15, 0.2) is 59.7 Å². The van der Waals surface area contributed by atoms with Gasteiger partial charge in [0.05, 0.1) is 19.3 Å². The number of benzene rings is 1. The maximum absolute atomic E-state index is 12.4. The summed E-state index contributed by atoms with van der Waals surface area (Å²) in [6, 6.07) is 11.9. The van der Waals surface area contributed by atoms with Crippen LogP contribution in [0.5, 0.6) is 5.75 Å². The lowest BCUT2D eigenvalue weighted by Crippen LogP contribution is -2.24. The van der Waals surface area contributed by atoms with E-state index in [2.05, 4.69) is 15.3 Å². The van der Waals surface area contributed by atoms with Gasteiger partial charge in [-0.05, 0) is 24.3 Å². The third kappa shape index (κ3) is 3.77. The topological polar surface area (TPSA) is 86.1 Å². The van der Waals surface area contributed by atoms with E-state index in [1.54, 1.807) is 62.9 Å². The first kappa shape index (κ1) is 17.3. The number of nitrogens with one attached hydrogen (secondary N) is 1. The molecule has 2 heterocycles. The lowest BCUT2D eigenvalue weighted by atomic mass is 10.1. The van der Waals surface area contributed by atoms with Crippen molar-refractivity contribution >= 4 is 11.7 Å². The Morgan fingerprint density at radius 2 is 1.96 bits per heavy atom. The first-order valence-electron chi connectivity index (χ1n) is 7.98. The minimum atomic E-state index is -0.219. The number of hydrogen-bond acceptors (Lipinski definition) is 6. The van der Waals surface area contributed by atoms with Crippen molar-refractivity contribution in [2.45, 2.75) is 0 Å². The Labute approximate surface area is 150 Å². The lowest BCUT2D eigenvalue weighted by molar-refractivity contribution is 0.101. The fourth-order valence-corrected chi connectivity index (χ4v) is 2.43. The van der Waals surface area contributed by atoms with Crippen LogP contribution in [0.3, 0.4) is 0 Å². The molecular formula is C19H18N4O3. The second-order valence-electron chi connectivity index (χ2n) is 5.61. The van der Waals surface area contributed by atoms with Gasteiger partial charge in [-0.3, -0.25) is 19.1 Å². The van der Waals surface area contributed by atoms with E-state index in [0.717, 1.165) is 5.56 Å². The zero-order valence-corrected chi connectivity index (χ0v) is 14.5. The number of rotatable bonds is 6. The van der Waals surface area contributed by atoms with Crippen molar-refractivity contribution in [1.82, 2.24) is 14.5 Å². The van der Waals surface area contributed by atoms with Crippen LogP contribution in [-0.4, -0.2) is 34.0 Å². The molecule has 0 saturated carbocycles. The molecule has 1 aromatic carbocycles. The molecule has 0 spiro atoms. The molecule has 0 bridgehead atoms. The molecule has 3 rings (SSSR count). The summed E-state index contributed by atoms with van der Waals surface area (Å²) in [4.78, 5) is 33.0. The number of anilines is 1. The van der Waals surface area contributed by atoms with Gasteiger partial charge in [0, 0.05) is 36.6 Å². The van der Waals surface area contributed by atoms with E-state index in [0.29, 0.717) is 23.0 Å². The third-order valence-corrected chi connectivity index (χ3v) is 3.91. The fraction of sp³-hybridized carbons (Fsp3) is 0.158. The Morgan fingerprint density at radius 1 is 1.19 bits per heavy atom. The van der Waals surface area contributed by atoms with Crippen LogP contribution in [0, 0.1) is 0 Å². The first-order chi connectivity index (χ1) is 12.6. The number of hydrogen-bond donors (Lipinski definition) is 1. The largest absolute Gasteiger partial charge is 0.497 e. The molecule has 0 atom stereocenters. The van der Waals surface area contributed by atoms with Crippen molar-refractivity contribution in [1.29, 1.82) is 0 Å². The van der Waals surface area contributed by atoms with Crippen LogP contribution < -0.4 is 15.6 Å². The normalized spacial score (nSPS) is 10.4. The van der Waals surface area contributed by atoms with Gasteiger partial charge < -0.3 is 10.1 Å². The summed E-state index contributed by atoms with van der Waals surface area (Å²) in [6.45, 7) is 0.00719. The predicted octanol–water partition coefficient (Wildman–Crippen LogP) is 2.15. The van der Waals surface area contributed by atoms with Crippen LogP contribution in [-0.2, 0) is 7.05 Å². The van der Waals surface area contributed by atoms with Crippen molar-refractivity contribution in [3.63, 3.8) is 0 Å². The monoisotopic (exact) mass is 350 g/mol.